The van der Waals surface area contributed by atoms with Gasteiger partial charge in [0, 0.05) is 19.1 Å². The van der Waals surface area contributed by atoms with Gasteiger partial charge in [-0.25, -0.2) is 0 Å². The topological polar surface area (TPSA) is 61.8 Å². The van der Waals surface area contributed by atoms with Gasteiger partial charge in [-0.05, 0) is 37.2 Å². The molecule has 0 amide bonds. The summed E-state index contributed by atoms with van der Waals surface area (Å²) in [6, 6.07) is 41.7. The maximum absolute atomic E-state index is 12.9. The molecule has 5 nitrogen and oxygen atoms in total. The summed E-state index contributed by atoms with van der Waals surface area (Å²) in [5.74, 6) is -0.285. The summed E-state index contributed by atoms with van der Waals surface area (Å²) in [6.45, 7) is 16.0. The fourth-order valence-electron chi connectivity index (χ4n) is 6.86. The zero-order chi connectivity index (χ0) is 35.1. The highest BCUT2D eigenvalue weighted by Crippen LogP contribution is 2.39. The van der Waals surface area contributed by atoms with Gasteiger partial charge in [0.05, 0.1) is 6.10 Å². The monoisotopic (exact) mass is 722 g/mol. The average Bonchev–Trinajstić information content (AvgIpc) is 3.07. The van der Waals surface area contributed by atoms with E-state index in [0.717, 1.165) is 20.7 Å². The molecule has 258 valence electrons. The third-order valence-corrected chi connectivity index (χ3v) is 20.8. The van der Waals surface area contributed by atoms with Crippen LogP contribution < -0.4 is 20.7 Å². The molecule has 0 unspecified atom stereocenters. The van der Waals surface area contributed by atoms with Crippen molar-refractivity contribution >= 4 is 59.1 Å². The summed E-state index contributed by atoms with van der Waals surface area (Å²) in [7, 11) is -9.66. The van der Waals surface area contributed by atoms with Crippen LogP contribution in [0.15, 0.2) is 121 Å². The molecule has 0 aliphatic heterocycles. The molecule has 0 heterocycles. The Morgan fingerprint density at radius 1 is 0.604 bits per heavy atom. The summed E-state index contributed by atoms with van der Waals surface area (Å²) in [5, 5.41) is 3.59. The highest BCUT2D eigenvalue weighted by molar-refractivity contribution is 7.87. The molecule has 0 aliphatic carbocycles. The molecule has 0 fully saturated rings. The normalized spacial score (nSPS) is 14.4. The third-order valence-electron chi connectivity index (χ3n) is 9.16. The molecular weight excluding hydrogens is 672 g/mol. The Kier molecular flexibility index (Phi) is 12.7. The van der Waals surface area contributed by atoms with Gasteiger partial charge >= 0.3 is 0 Å². The first kappa shape index (κ1) is 38.2. The summed E-state index contributed by atoms with van der Waals surface area (Å²) in [6.07, 6.45) is -0.350. The van der Waals surface area contributed by atoms with Crippen molar-refractivity contribution in [2.75, 3.05) is 18.4 Å². The van der Waals surface area contributed by atoms with Gasteiger partial charge in [0.2, 0.25) is 0 Å². The average molecular weight is 724 g/mol. The van der Waals surface area contributed by atoms with Crippen LogP contribution in [-0.2, 0) is 23.2 Å². The SMILES string of the molecule is C[C@H](CO[Si](c1ccccc1)(c1ccccc1)C(C)(C)C)[C@H](CCO[Si](c1ccccc1)(c1ccccc1)C(C)(C)C)OS(=O)(=O)CCl. The summed E-state index contributed by atoms with van der Waals surface area (Å²) in [4.78, 5) is 0. The molecule has 0 aromatic heterocycles. The first-order valence-corrected chi connectivity index (χ1v) is 22.6. The van der Waals surface area contributed by atoms with E-state index in [9.17, 15) is 8.42 Å². The van der Waals surface area contributed by atoms with Crippen LogP contribution in [0.3, 0.4) is 0 Å². The molecule has 48 heavy (non-hydrogen) atoms. The van der Waals surface area contributed by atoms with E-state index >= 15 is 0 Å². The molecule has 4 aromatic carbocycles. The fourth-order valence-corrected chi connectivity index (χ4v) is 17.0. The largest absolute Gasteiger partial charge is 0.407 e. The predicted molar refractivity (Wildman–Crippen MR) is 205 cm³/mol. The van der Waals surface area contributed by atoms with Gasteiger partial charge < -0.3 is 8.85 Å². The van der Waals surface area contributed by atoms with Crippen molar-refractivity contribution in [3.63, 3.8) is 0 Å². The van der Waals surface area contributed by atoms with E-state index in [4.69, 9.17) is 24.6 Å². The van der Waals surface area contributed by atoms with Gasteiger partial charge in [0.25, 0.3) is 26.8 Å². The van der Waals surface area contributed by atoms with Crippen LogP contribution in [0.5, 0.6) is 0 Å². The smallest absolute Gasteiger partial charge is 0.281 e. The van der Waals surface area contributed by atoms with E-state index in [-0.39, 0.29) is 16.0 Å². The van der Waals surface area contributed by atoms with E-state index in [1.54, 1.807) is 0 Å². The fraction of sp³-hybridized carbons (Fsp3) is 0.385. The number of benzene rings is 4. The molecule has 0 spiro atoms. The second-order valence-corrected chi connectivity index (χ2v) is 25.3. The van der Waals surface area contributed by atoms with Crippen molar-refractivity contribution < 1.29 is 21.5 Å². The van der Waals surface area contributed by atoms with Crippen LogP contribution in [0.4, 0.5) is 0 Å². The Hall–Kier alpha value is -2.57. The number of hydrogen-bond acceptors (Lipinski definition) is 5. The second-order valence-electron chi connectivity index (χ2n) is 14.6. The van der Waals surface area contributed by atoms with Gasteiger partial charge in [-0.15, -0.1) is 11.6 Å². The van der Waals surface area contributed by atoms with Crippen LogP contribution in [0.1, 0.15) is 54.9 Å². The highest BCUT2D eigenvalue weighted by atomic mass is 35.5. The third kappa shape index (κ3) is 8.41. The molecule has 4 aromatic rings. The molecule has 0 saturated heterocycles. The first-order chi connectivity index (χ1) is 22.7. The van der Waals surface area contributed by atoms with Crippen molar-refractivity contribution in [1.82, 2.24) is 0 Å². The van der Waals surface area contributed by atoms with Gasteiger partial charge in [-0.1, -0.05) is 170 Å². The van der Waals surface area contributed by atoms with Gasteiger partial charge in [-0.2, -0.15) is 8.42 Å². The van der Waals surface area contributed by atoms with E-state index in [1.807, 2.05) is 31.2 Å². The lowest BCUT2D eigenvalue weighted by atomic mass is 10.0. The Labute approximate surface area is 296 Å². The number of hydrogen-bond donors (Lipinski definition) is 0. The van der Waals surface area contributed by atoms with E-state index in [0.29, 0.717) is 19.6 Å². The standard InChI is InChI=1S/C39H51ClO5SSi2/c1-32(30-44-48(39(5,6)7,35-24-16-10-17-25-35)36-26-18-11-19-27-36)37(45-46(41,42)31-40)28-29-43-47(38(2,3)4,33-20-12-8-13-21-33)34-22-14-9-15-23-34/h8-27,32,37H,28-31H2,1-7H3/t32-,37+/m1/s1. The predicted octanol–water partition coefficient (Wildman–Crippen LogP) is 7.08. The zero-order valence-corrected chi connectivity index (χ0v) is 32.9. The molecule has 4 rings (SSSR count). The van der Waals surface area contributed by atoms with Crippen molar-refractivity contribution in [3.05, 3.63) is 121 Å². The van der Waals surface area contributed by atoms with Crippen molar-refractivity contribution in [1.29, 1.82) is 0 Å². The molecule has 2 atom stereocenters. The van der Waals surface area contributed by atoms with Crippen LogP contribution >= 0.6 is 11.6 Å². The van der Waals surface area contributed by atoms with Crippen molar-refractivity contribution in [2.24, 2.45) is 5.92 Å². The Morgan fingerprint density at radius 2 is 0.938 bits per heavy atom. The minimum absolute atomic E-state index is 0.216. The number of halogens is 1. The van der Waals surface area contributed by atoms with Crippen LogP contribution in [0, 0.1) is 5.92 Å². The molecule has 0 N–H and O–H groups in total. The lowest BCUT2D eigenvalue weighted by molar-refractivity contribution is 0.0861. The van der Waals surface area contributed by atoms with Crippen molar-refractivity contribution in [2.45, 2.75) is 71.1 Å². The maximum atomic E-state index is 12.9. The Bertz CT molecular complexity index is 1580. The van der Waals surface area contributed by atoms with Crippen LogP contribution in [0.2, 0.25) is 10.1 Å². The Morgan fingerprint density at radius 3 is 1.25 bits per heavy atom. The number of rotatable bonds is 15. The molecule has 0 saturated carbocycles. The minimum atomic E-state index is -3.97. The minimum Gasteiger partial charge on any atom is -0.407 e. The van der Waals surface area contributed by atoms with Gasteiger partial charge in [0.15, 0.2) is 0 Å². The molecular formula is C39H51ClO5SSi2. The lowest BCUT2D eigenvalue weighted by Crippen LogP contribution is -2.67. The van der Waals surface area contributed by atoms with E-state index in [1.165, 1.54) is 0 Å². The van der Waals surface area contributed by atoms with Gasteiger partial charge in [0.1, 0.15) is 5.21 Å². The first-order valence-electron chi connectivity index (χ1n) is 16.6. The zero-order valence-electron chi connectivity index (χ0n) is 29.4. The number of alkyl halides is 1. The Balaban J connectivity index is 1.68. The lowest BCUT2D eigenvalue weighted by Gasteiger charge is -2.44. The van der Waals surface area contributed by atoms with E-state index < -0.39 is 38.1 Å². The summed E-state index contributed by atoms with van der Waals surface area (Å²) in [5.41, 5.74) is 0. The molecule has 0 aliphatic rings. The summed E-state index contributed by atoms with van der Waals surface area (Å²) < 4.78 is 45.9. The molecule has 9 heteroatoms. The molecule has 0 bridgehead atoms. The van der Waals surface area contributed by atoms with Crippen molar-refractivity contribution in [3.8, 4) is 0 Å². The quantitative estimate of drug-likeness (QED) is 0.0746. The van der Waals surface area contributed by atoms with E-state index in [2.05, 4.69) is 139 Å². The van der Waals surface area contributed by atoms with Crippen LogP contribution in [0.25, 0.3) is 0 Å². The summed E-state index contributed by atoms with van der Waals surface area (Å²) >= 11 is 5.88. The van der Waals surface area contributed by atoms with Crippen LogP contribution in [-0.4, -0.2) is 49.6 Å². The second kappa shape index (κ2) is 16.0. The highest BCUT2D eigenvalue weighted by Gasteiger charge is 2.51. The maximum Gasteiger partial charge on any atom is 0.281 e. The molecule has 0 radical (unpaired) electrons. The van der Waals surface area contributed by atoms with Gasteiger partial charge in [-0.3, -0.25) is 4.18 Å².